The molecule has 5 heteroatoms. The summed E-state index contributed by atoms with van der Waals surface area (Å²) >= 11 is 5.15. The third-order valence-corrected chi connectivity index (χ3v) is 4.63. The van der Waals surface area contributed by atoms with Gasteiger partial charge in [0, 0.05) is 6.54 Å². The van der Waals surface area contributed by atoms with Crippen molar-refractivity contribution >= 4 is 23.1 Å². The van der Waals surface area contributed by atoms with E-state index in [9.17, 15) is 4.79 Å². The maximum atomic E-state index is 12.8. The van der Waals surface area contributed by atoms with Gasteiger partial charge in [0.1, 0.15) is 0 Å². The standard InChI is InChI=1S/C13H22N2O2S/c1-3-10-8-17-5-4-15(10)12(16)13(11(14)18)6-9(2)7-13/h9-10H,3-8H2,1-2H3,(H2,14,18). The van der Waals surface area contributed by atoms with Gasteiger partial charge in [0.15, 0.2) is 0 Å². The van der Waals surface area contributed by atoms with Crippen LogP contribution in [0.4, 0.5) is 0 Å². The number of amides is 1. The Morgan fingerprint density at radius 2 is 2.22 bits per heavy atom. The summed E-state index contributed by atoms with van der Waals surface area (Å²) in [6.45, 7) is 6.13. The minimum atomic E-state index is -0.570. The summed E-state index contributed by atoms with van der Waals surface area (Å²) in [7, 11) is 0. The van der Waals surface area contributed by atoms with E-state index >= 15 is 0 Å². The predicted octanol–water partition coefficient (Wildman–Crippen LogP) is 1.33. The summed E-state index contributed by atoms with van der Waals surface area (Å²) in [6, 6.07) is 0.174. The van der Waals surface area contributed by atoms with Crippen molar-refractivity contribution in [3.05, 3.63) is 0 Å². The van der Waals surface area contributed by atoms with Crippen LogP contribution < -0.4 is 5.73 Å². The minimum Gasteiger partial charge on any atom is -0.392 e. The van der Waals surface area contributed by atoms with Gasteiger partial charge in [-0.1, -0.05) is 26.1 Å². The highest BCUT2D eigenvalue weighted by Gasteiger charge is 2.53. The maximum Gasteiger partial charge on any atom is 0.236 e. The number of ether oxygens (including phenoxy) is 1. The fourth-order valence-corrected chi connectivity index (χ4v) is 3.40. The van der Waals surface area contributed by atoms with Gasteiger partial charge < -0.3 is 15.4 Å². The summed E-state index contributed by atoms with van der Waals surface area (Å²) in [6.07, 6.45) is 2.51. The van der Waals surface area contributed by atoms with Crippen molar-refractivity contribution in [2.75, 3.05) is 19.8 Å². The van der Waals surface area contributed by atoms with Crippen molar-refractivity contribution in [2.24, 2.45) is 17.1 Å². The van der Waals surface area contributed by atoms with E-state index in [1.54, 1.807) is 0 Å². The molecule has 0 aromatic rings. The molecule has 2 fully saturated rings. The molecule has 2 N–H and O–H groups in total. The lowest BCUT2D eigenvalue weighted by Gasteiger charge is -2.49. The Kier molecular flexibility index (Phi) is 3.92. The molecule has 1 aliphatic heterocycles. The lowest BCUT2D eigenvalue weighted by molar-refractivity contribution is -0.153. The van der Waals surface area contributed by atoms with Crippen LogP contribution in [0.15, 0.2) is 0 Å². The van der Waals surface area contributed by atoms with Gasteiger partial charge in [0.2, 0.25) is 5.91 Å². The molecule has 4 nitrogen and oxygen atoms in total. The minimum absolute atomic E-state index is 0.128. The molecule has 102 valence electrons. The Morgan fingerprint density at radius 1 is 1.56 bits per heavy atom. The van der Waals surface area contributed by atoms with Crippen LogP contribution in [0.25, 0.3) is 0 Å². The Hall–Kier alpha value is -0.680. The highest BCUT2D eigenvalue weighted by Crippen LogP contribution is 2.47. The maximum absolute atomic E-state index is 12.8. The molecule has 1 atom stereocenters. The number of hydrogen-bond donors (Lipinski definition) is 1. The molecule has 0 spiro atoms. The van der Waals surface area contributed by atoms with Crippen LogP contribution in [-0.2, 0) is 9.53 Å². The molecular formula is C13H22N2O2S. The van der Waals surface area contributed by atoms with E-state index in [0.717, 1.165) is 19.3 Å². The van der Waals surface area contributed by atoms with Gasteiger partial charge in [-0.25, -0.2) is 0 Å². The van der Waals surface area contributed by atoms with E-state index in [-0.39, 0.29) is 11.9 Å². The number of hydrogen-bond acceptors (Lipinski definition) is 3. The first-order valence-electron chi connectivity index (χ1n) is 6.70. The van der Waals surface area contributed by atoms with Gasteiger partial charge in [-0.3, -0.25) is 4.79 Å². The normalized spacial score (nSPS) is 36.0. The first kappa shape index (κ1) is 13.7. The van der Waals surface area contributed by atoms with Crippen molar-refractivity contribution in [3.8, 4) is 0 Å². The van der Waals surface area contributed by atoms with Crippen molar-refractivity contribution in [1.82, 2.24) is 4.90 Å². The second kappa shape index (κ2) is 5.13. The predicted molar refractivity (Wildman–Crippen MR) is 74.2 cm³/mol. The first-order chi connectivity index (χ1) is 8.51. The Balaban J connectivity index is 2.16. The van der Waals surface area contributed by atoms with Gasteiger partial charge in [0.05, 0.1) is 29.7 Å². The summed E-state index contributed by atoms with van der Waals surface area (Å²) < 4.78 is 5.44. The fraction of sp³-hybridized carbons (Fsp3) is 0.846. The average Bonchev–Trinajstić information content (AvgIpc) is 2.33. The van der Waals surface area contributed by atoms with E-state index in [2.05, 4.69) is 13.8 Å². The summed E-state index contributed by atoms with van der Waals surface area (Å²) in [5.41, 5.74) is 5.27. The van der Waals surface area contributed by atoms with E-state index in [1.807, 2.05) is 4.90 Å². The Morgan fingerprint density at radius 3 is 2.72 bits per heavy atom. The molecule has 0 bridgehead atoms. The second-order valence-electron chi connectivity index (χ2n) is 5.60. The van der Waals surface area contributed by atoms with Crippen LogP contribution in [-0.4, -0.2) is 41.6 Å². The van der Waals surface area contributed by atoms with Gasteiger partial charge in [0.25, 0.3) is 0 Å². The zero-order chi connectivity index (χ0) is 13.3. The molecule has 1 amide bonds. The molecule has 0 aromatic carbocycles. The van der Waals surface area contributed by atoms with E-state index in [0.29, 0.717) is 30.7 Å². The highest BCUT2D eigenvalue weighted by atomic mass is 32.1. The molecule has 2 rings (SSSR count). The van der Waals surface area contributed by atoms with E-state index in [1.165, 1.54) is 0 Å². The van der Waals surface area contributed by atoms with Crippen molar-refractivity contribution in [2.45, 2.75) is 39.2 Å². The second-order valence-corrected chi connectivity index (χ2v) is 6.04. The van der Waals surface area contributed by atoms with Crippen molar-refractivity contribution in [1.29, 1.82) is 0 Å². The smallest absolute Gasteiger partial charge is 0.236 e. The molecule has 1 saturated heterocycles. The largest absolute Gasteiger partial charge is 0.392 e. The molecule has 1 unspecified atom stereocenters. The number of rotatable bonds is 3. The first-order valence-corrected chi connectivity index (χ1v) is 7.11. The Bertz CT molecular complexity index is 353. The fourth-order valence-electron chi connectivity index (χ4n) is 3.15. The zero-order valence-electron chi connectivity index (χ0n) is 11.1. The highest BCUT2D eigenvalue weighted by molar-refractivity contribution is 7.80. The molecule has 2 aliphatic rings. The number of nitrogens with two attached hydrogens (primary N) is 1. The number of carbonyl (C=O) groups is 1. The third-order valence-electron chi connectivity index (χ3n) is 4.23. The monoisotopic (exact) mass is 270 g/mol. The van der Waals surface area contributed by atoms with Crippen LogP contribution >= 0.6 is 12.2 Å². The quantitative estimate of drug-likeness (QED) is 0.786. The lowest BCUT2D eigenvalue weighted by Crippen LogP contribution is -2.61. The number of carbonyl (C=O) groups excluding carboxylic acids is 1. The van der Waals surface area contributed by atoms with Crippen molar-refractivity contribution < 1.29 is 9.53 Å². The topological polar surface area (TPSA) is 55.6 Å². The summed E-state index contributed by atoms with van der Waals surface area (Å²) in [4.78, 5) is 15.1. The SMILES string of the molecule is CCC1COCCN1C(=O)C1(C(N)=S)CC(C)C1. The lowest BCUT2D eigenvalue weighted by atomic mass is 9.61. The average molecular weight is 270 g/mol. The van der Waals surface area contributed by atoms with Gasteiger partial charge in [-0.15, -0.1) is 0 Å². The number of thiocarbonyl (C=S) groups is 1. The molecule has 0 aromatic heterocycles. The van der Waals surface area contributed by atoms with Crippen LogP contribution in [0.5, 0.6) is 0 Å². The summed E-state index contributed by atoms with van der Waals surface area (Å²) in [5.74, 6) is 0.666. The van der Waals surface area contributed by atoms with E-state index < -0.39 is 5.41 Å². The molecule has 1 aliphatic carbocycles. The molecule has 0 radical (unpaired) electrons. The third kappa shape index (κ3) is 2.14. The number of nitrogens with zero attached hydrogens (tertiary/aromatic N) is 1. The zero-order valence-corrected chi connectivity index (χ0v) is 12.0. The van der Waals surface area contributed by atoms with Gasteiger partial charge in [-0.2, -0.15) is 0 Å². The van der Waals surface area contributed by atoms with Gasteiger partial charge >= 0.3 is 0 Å². The van der Waals surface area contributed by atoms with Crippen LogP contribution in [0, 0.1) is 11.3 Å². The molecule has 1 heterocycles. The summed E-state index contributed by atoms with van der Waals surface area (Å²) in [5, 5.41) is 0. The Labute approximate surface area is 114 Å². The van der Waals surface area contributed by atoms with Crippen LogP contribution in [0.2, 0.25) is 0 Å². The van der Waals surface area contributed by atoms with Crippen LogP contribution in [0.3, 0.4) is 0 Å². The van der Waals surface area contributed by atoms with E-state index in [4.69, 9.17) is 22.7 Å². The van der Waals surface area contributed by atoms with Gasteiger partial charge in [-0.05, 0) is 25.2 Å². The van der Waals surface area contributed by atoms with Crippen molar-refractivity contribution in [3.63, 3.8) is 0 Å². The molecular weight excluding hydrogens is 248 g/mol. The molecule has 1 saturated carbocycles. The molecule has 18 heavy (non-hydrogen) atoms. The van der Waals surface area contributed by atoms with Crippen LogP contribution in [0.1, 0.15) is 33.1 Å². The number of morpholine rings is 1.